The summed E-state index contributed by atoms with van der Waals surface area (Å²) in [5.74, 6) is -0.851. The zero-order chi connectivity index (χ0) is 19.4. The summed E-state index contributed by atoms with van der Waals surface area (Å²) < 4.78 is 39.6. The van der Waals surface area contributed by atoms with Crippen LogP contribution in [0.2, 0.25) is 5.02 Å². The molecule has 144 valence electrons. The van der Waals surface area contributed by atoms with E-state index in [9.17, 15) is 17.6 Å². The van der Waals surface area contributed by atoms with Crippen LogP contribution in [0.15, 0.2) is 47.5 Å². The van der Waals surface area contributed by atoms with Gasteiger partial charge in [0.2, 0.25) is 15.9 Å². The van der Waals surface area contributed by atoms with Crippen LogP contribution in [-0.2, 0) is 21.4 Å². The Labute approximate surface area is 162 Å². The molecule has 2 heterocycles. The fraction of sp³-hybridized carbons (Fsp3) is 0.333. The van der Waals surface area contributed by atoms with Crippen molar-refractivity contribution in [1.29, 1.82) is 0 Å². The van der Waals surface area contributed by atoms with E-state index in [0.717, 1.165) is 6.20 Å². The molecule has 0 bridgehead atoms. The summed E-state index contributed by atoms with van der Waals surface area (Å²) >= 11 is 5.89. The standard InChI is InChI=1S/C18H19ClFN3O3S/c19-14-2-1-3-17(10-14)27(25,26)23-8-6-13(7-9-23)18(24)22-12-16-5-4-15(20)11-21-16/h1-5,10-11,13H,6-9,12H2,(H,22,24). The van der Waals surface area contributed by atoms with E-state index in [-0.39, 0.29) is 36.4 Å². The molecule has 1 amide bonds. The van der Waals surface area contributed by atoms with E-state index in [1.54, 1.807) is 12.1 Å². The van der Waals surface area contributed by atoms with Gasteiger partial charge in [-0.25, -0.2) is 12.8 Å². The lowest BCUT2D eigenvalue weighted by molar-refractivity contribution is -0.126. The van der Waals surface area contributed by atoms with Crippen LogP contribution in [0.25, 0.3) is 0 Å². The fourth-order valence-corrected chi connectivity index (χ4v) is 4.74. The van der Waals surface area contributed by atoms with E-state index in [0.29, 0.717) is 23.6 Å². The van der Waals surface area contributed by atoms with Crippen molar-refractivity contribution in [2.75, 3.05) is 13.1 Å². The first-order valence-corrected chi connectivity index (χ1v) is 10.3. The maximum atomic E-state index is 12.8. The van der Waals surface area contributed by atoms with Crippen molar-refractivity contribution in [3.05, 3.63) is 59.1 Å². The highest BCUT2D eigenvalue weighted by Gasteiger charge is 2.32. The van der Waals surface area contributed by atoms with Crippen LogP contribution < -0.4 is 5.32 Å². The van der Waals surface area contributed by atoms with Crippen molar-refractivity contribution in [3.8, 4) is 0 Å². The number of aromatic nitrogens is 1. The number of nitrogens with one attached hydrogen (secondary N) is 1. The molecule has 0 radical (unpaired) electrons. The van der Waals surface area contributed by atoms with Crippen LogP contribution in [0.1, 0.15) is 18.5 Å². The minimum absolute atomic E-state index is 0.152. The number of carbonyl (C=O) groups excluding carboxylic acids is 1. The maximum absolute atomic E-state index is 12.8. The predicted octanol–water partition coefficient (Wildman–Crippen LogP) is 2.59. The van der Waals surface area contributed by atoms with Crippen LogP contribution >= 0.6 is 11.6 Å². The van der Waals surface area contributed by atoms with Gasteiger partial charge in [0.05, 0.1) is 23.3 Å². The number of rotatable bonds is 5. The van der Waals surface area contributed by atoms with Gasteiger partial charge in [0, 0.05) is 24.0 Å². The normalized spacial score (nSPS) is 16.2. The van der Waals surface area contributed by atoms with Crippen molar-refractivity contribution < 1.29 is 17.6 Å². The number of hydrogen-bond acceptors (Lipinski definition) is 4. The Hall–Kier alpha value is -2.03. The molecule has 0 saturated carbocycles. The average molecular weight is 412 g/mol. The number of benzene rings is 1. The second-order valence-electron chi connectivity index (χ2n) is 6.32. The van der Waals surface area contributed by atoms with Crippen LogP contribution in [0.3, 0.4) is 0 Å². The van der Waals surface area contributed by atoms with Gasteiger partial charge in [0.15, 0.2) is 0 Å². The molecule has 9 heteroatoms. The van der Waals surface area contributed by atoms with Gasteiger partial charge in [0.25, 0.3) is 0 Å². The molecule has 1 aliphatic rings. The molecule has 1 aromatic carbocycles. The topological polar surface area (TPSA) is 79.4 Å². The first-order valence-electron chi connectivity index (χ1n) is 8.50. The number of halogens is 2. The highest BCUT2D eigenvalue weighted by Crippen LogP contribution is 2.25. The van der Waals surface area contributed by atoms with Gasteiger partial charge < -0.3 is 5.32 Å². The third kappa shape index (κ3) is 4.82. The van der Waals surface area contributed by atoms with Crippen molar-refractivity contribution in [2.24, 2.45) is 5.92 Å². The summed E-state index contributed by atoms with van der Waals surface area (Å²) in [5.41, 5.74) is 0.561. The van der Waals surface area contributed by atoms with Crippen molar-refractivity contribution >= 4 is 27.5 Å². The predicted molar refractivity (Wildman–Crippen MR) is 99.0 cm³/mol. The molecule has 1 N–H and O–H groups in total. The smallest absolute Gasteiger partial charge is 0.243 e. The number of pyridine rings is 1. The Bertz CT molecular complexity index is 914. The third-order valence-corrected chi connectivity index (χ3v) is 6.62. The van der Waals surface area contributed by atoms with Crippen molar-refractivity contribution in [2.45, 2.75) is 24.3 Å². The Balaban J connectivity index is 1.55. The summed E-state index contributed by atoms with van der Waals surface area (Å²) in [7, 11) is -3.62. The van der Waals surface area contributed by atoms with E-state index in [1.807, 2.05) is 0 Å². The van der Waals surface area contributed by atoms with Crippen LogP contribution in [0.4, 0.5) is 4.39 Å². The van der Waals surface area contributed by atoms with Crippen molar-refractivity contribution in [1.82, 2.24) is 14.6 Å². The SMILES string of the molecule is O=C(NCc1ccc(F)cn1)C1CCN(S(=O)(=O)c2cccc(Cl)c2)CC1. The molecule has 1 saturated heterocycles. The van der Waals surface area contributed by atoms with Crippen LogP contribution in [-0.4, -0.2) is 36.7 Å². The first kappa shape index (κ1) is 19.7. The maximum Gasteiger partial charge on any atom is 0.243 e. The third-order valence-electron chi connectivity index (χ3n) is 4.49. The zero-order valence-electron chi connectivity index (χ0n) is 14.4. The molecule has 0 spiro atoms. The highest BCUT2D eigenvalue weighted by atomic mass is 35.5. The quantitative estimate of drug-likeness (QED) is 0.820. The van der Waals surface area contributed by atoms with E-state index < -0.39 is 15.8 Å². The molecule has 1 fully saturated rings. The molecular weight excluding hydrogens is 393 g/mol. The van der Waals surface area contributed by atoms with E-state index in [4.69, 9.17) is 11.6 Å². The lowest BCUT2D eigenvalue weighted by Gasteiger charge is -2.30. The van der Waals surface area contributed by atoms with Crippen molar-refractivity contribution in [3.63, 3.8) is 0 Å². The van der Waals surface area contributed by atoms with Crippen LogP contribution in [0.5, 0.6) is 0 Å². The largest absolute Gasteiger partial charge is 0.350 e. The molecule has 0 atom stereocenters. The Kier molecular flexibility index (Phi) is 6.08. The number of nitrogens with zero attached hydrogens (tertiary/aromatic N) is 2. The summed E-state index contributed by atoms with van der Waals surface area (Å²) in [6.45, 7) is 0.740. The number of carbonyl (C=O) groups is 1. The van der Waals surface area contributed by atoms with Gasteiger partial charge in [-0.05, 0) is 43.2 Å². The zero-order valence-corrected chi connectivity index (χ0v) is 16.0. The lowest BCUT2D eigenvalue weighted by Crippen LogP contribution is -2.42. The second-order valence-corrected chi connectivity index (χ2v) is 8.70. The number of piperidine rings is 1. The number of hydrogen-bond donors (Lipinski definition) is 1. The average Bonchev–Trinajstić information content (AvgIpc) is 2.67. The summed E-state index contributed by atoms with van der Waals surface area (Å²) in [4.78, 5) is 16.4. The number of amides is 1. The minimum atomic E-state index is -3.62. The van der Waals surface area contributed by atoms with Gasteiger partial charge in [0.1, 0.15) is 5.82 Å². The van der Waals surface area contributed by atoms with Gasteiger partial charge >= 0.3 is 0 Å². The molecule has 3 rings (SSSR count). The molecule has 27 heavy (non-hydrogen) atoms. The highest BCUT2D eigenvalue weighted by molar-refractivity contribution is 7.89. The van der Waals surface area contributed by atoms with Gasteiger partial charge in [-0.1, -0.05) is 17.7 Å². The Morgan fingerprint density at radius 2 is 2.00 bits per heavy atom. The second kappa shape index (κ2) is 8.33. The van der Waals surface area contributed by atoms with E-state index in [2.05, 4.69) is 10.3 Å². The molecule has 1 aromatic heterocycles. The van der Waals surface area contributed by atoms with Gasteiger partial charge in [-0.2, -0.15) is 4.31 Å². The molecule has 6 nitrogen and oxygen atoms in total. The summed E-state index contributed by atoms with van der Waals surface area (Å²) in [6.07, 6.45) is 1.96. The molecule has 2 aromatic rings. The monoisotopic (exact) mass is 411 g/mol. The Morgan fingerprint density at radius 3 is 2.63 bits per heavy atom. The summed E-state index contributed by atoms with van der Waals surface area (Å²) in [6, 6.07) is 8.94. The van der Waals surface area contributed by atoms with Gasteiger partial charge in [-0.15, -0.1) is 0 Å². The summed E-state index contributed by atoms with van der Waals surface area (Å²) in [5, 5.41) is 3.13. The first-order chi connectivity index (χ1) is 12.9. The van der Waals surface area contributed by atoms with Crippen LogP contribution in [0, 0.1) is 11.7 Å². The van der Waals surface area contributed by atoms with E-state index in [1.165, 1.54) is 28.6 Å². The molecule has 1 aliphatic heterocycles. The number of sulfonamides is 1. The molecule has 0 unspecified atom stereocenters. The fourth-order valence-electron chi connectivity index (χ4n) is 2.97. The van der Waals surface area contributed by atoms with Gasteiger partial charge in [-0.3, -0.25) is 9.78 Å². The lowest BCUT2D eigenvalue weighted by atomic mass is 9.97. The van der Waals surface area contributed by atoms with E-state index >= 15 is 0 Å². The molecular formula is C18H19ClFN3O3S. The molecule has 0 aliphatic carbocycles. The minimum Gasteiger partial charge on any atom is -0.350 e. The Morgan fingerprint density at radius 1 is 1.26 bits per heavy atom.